The largest absolute Gasteiger partial charge is 0.491 e. The van der Waals surface area contributed by atoms with Crippen LogP contribution < -0.4 is 4.74 Å². The van der Waals surface area contributed by atoms with Crippen LogP contribution in [-0.4, -0.2) is 32.0 Å². The fraction of sp³-hybridized carbons (Fsp3) is 0.333. The second-order valence-corrected chi connectivity index (χ2v) is 7.88. The van der Waals surface area contributed by atoms with Crippen molar-refractivity contribution in [3.05, 3.63) is 65.2 Å². The molecular formula is C18H22O4S. The van der Waals surface area contributed by atoms with Crippen molar-refractivity contribution in [2.75, 3.05) is 12.4 Å². The zero-order valence-corrected chi connectivity index (χ0v) is 14.2. The Morgan fingerprint density at radius 2 is 1.70 bits per heavy atom. The Bertz CT molecular complexity index is 736. The summed E-state index contributed by atoms with van der Waals surface area (Å²) in [5.74, 6) is 0.268. The van der Waals surface area contributed by atoms with E-state index >= 15 is 0 Å². The van der Waals surface area contributed by atoms with Gasteiger partial charge in [0, 0.05) is 0 Å². The maximum atomic E-state index is 12.2. The highest BCUT2D eigenvalue weighted by Gasteiger charge is 2.19. The van der Waals surface area contributed by atoms with Crippen LogP contribution in [0.5, 0.6) is 5.75 Å². The maximum Gasteiger partial charge on any atom is 0.157 e. The molecule has 5 heteroatoms. The molecule has 23 heavy (non-hydrogen) atoms. The fourth-order valence-electron chi connectivity index (χ4n) is 2.24. The van der Waals surface area contributed by atoms with Gasteiger partial charge in [-0.05, 0) is 31.0 Å². The van der Waals surface area contributed by atoms with E-state index in [-0.39, 0.29) is 18.1 Å². The van der Waals surface area contributed by atoms with Crippen molar-refractivity contribution < 1.29 is 18.3 Å². The molecule has 0 fully saturated rings. The van der Waals surface area contributed by atoms with E-state index in [1.807, 2.05) is 44.2 Å². The molecule has 0 spiro atoms. The molecule has 0 aliphatic heterocycles. The molecule has 0 aliphatic rings. The average molecular weight is 334 g/mol. The standard InChI is InChI=1S/C18H22O4S/c1-14-7-9-16(10-8-14)12-23(20,21)13-17(19)11-22-18-6-4-3-5-15(18)2/h3-10,17,19H,11-13H2,1-2H3. The van der Waals surface area contributed by atoms with Gasteiger partial charge in [-0.2, -0.15) is 0 Å². The van der Waals surface area contributed by atoms with Gasteiger partial charge in [-0.3, -0.25) is 0 Å². The van der Waals surface area contributed by atoms with E-state index in [9.17, 15) is 13.5 Å². The summed E-state index contributed by atoms with van der Waals surface area (Å²) >= 11 is 0. The molecule has 4 nitrogen and oxygen atoms in total. The lowest BCUT2D eigenvalue weighted by Gasteiger charge is -2.14. The van der Waals surface area contributed by atoms with Crippen LogP contribution in [0, 0.1) is 13.8 Å². The lowest BCUT2D eigenvalue weighted by molar-refractivity contribution is 0.124. The first-order chi connectivity index (χ1) is 10.9. The first kappa shape index (κ1) is 17.5. The number of sulfone groups is 1. The summed E-state index contributed by atoms with van der Waals surface area (Å²) in [7, 11) is -3.39. The predicted molar refractivity (Wildman–Crippen MR) is 91.4 cm³/mol. The van der Waals surface area contributed by atoms with Gasteiger partial charge in [0.05, 0.1) is 11.5 Å². The van der Waals surface area contributed by atoms with Crippen molar-refractivity contribution in [1.82, 2.24) is 0 Å². The zero-order chi connectivity index (χ0) is 16.9. The van der Waals surface area contributed by atoms with E-state index in [4.69, 9.17) is 4.74 Å². The van der Waals surface area contributed by atoms with Gasteiger partial charge in [0.2, 0.25) is 0 Å². The van der Waals surface area contributed by atoms with Crippen LogP contribution in [0.2, 0.25) is 0 Å². The summed E-state index contributed by atoms with van der Waals surface area (Å²) in [4.78, 5) is 0. The molecule has 0 saturated heterocycles. The van der Waals surface area contributed by atoms with Gasteiger partial charge in [0.15, 0.2) is 9.84 Å². The molecule has 2 rings (SSSR count). The summed E-state index contributed by atoms with van der Waals surface area (Å²) in [6.07, 6.45) is -1.05. The molecule has 0 saturated carbocycles. The third kappa shape index (κ3) is 5.69. The van der Waals surface area contributed by atoms with Crippen molar-refractivity contribution in [3.8, 4) is 5.75 Å². The van der Waals surface area contributed by atoms with Crippen LogP contribution in [-0.2, 0) is 15.6 Å². The van der Waals surface area contributed by atoms with Crippen LogP contribution in [0.4, 0.5) is 0 Å². The molecule has 2 aromatic rings. The van der Waals surface area contributed by atoms with Gasteiger partial charge in [-0.25, -0.2) is 8.42 Å². The second-order valence-electron chi connectivity index (χ2n) is 5.77. The van der Waals surface area contributed by atoms with Crippen LogP contribution >= 0.6 is 0 Å². The van der Waals surface area contributed by atoms with Crippen molar-refractivity contribution in [2.45, 2.75) is 25.7 Å². The Morgan fingerprint density at radius 1 is 1.04 bits per heavy atom. The molecule has 1 atom stereocenters. The van der Waals surface area contributed by atoms with Crippen molar-refractivity contribution in [1.29, 1.82) is 0 Å². The van der Waals surface area contributed by atoms with E-state index in [0.717, 1.165) is 16.7 Å². The Morgan fingerprint density at radius 3 is 2.35 bits per heavy atom. The number of para-hydroxylation sites is 1. The highest BCUT2D eigenvalue weighted by Crippen LogP contribution is 2.16. The van der Waals surface area contributed by atoms with E-state index < -0.39 is 15.9 Å². The monoisotopic (exact) mass is 334 g/mol. The van der Waals surface area contributed by atoms with Gasteiger partial charge in [0.1, 0.15) is 18.5 Å². The molecule has 0 heterocycles. The highest BCUT2D eigenvalue weighted by atomic mass is 32.2. The van der Waals surface area contributed by atoms with Crippen molar-refractivity contribution in [3.63, 3.8) is 0 Å². The van der Waals surface area contributed by atoms with Crippen molar-refractivity contribution >= 4 is 9.84 Å². The van der Waals surface area contributed by atoms with Gasteiger partial charge in [-0.15, -0.1) is 0 Å². The summed E-state index contributed by atoms with van der Waals surface area (Å²) < 4.78 is 29.8. The number of ether oxygens (including phenoxy) is 1. The average Bonchev–Trinajstić information content (AvgIpc) is 2.48. The molecule has 0 aromatic heterocycles. The molecule has 1 unspecified atom stereocenters. The number of rotatable bonds is 7. The van der Waals surface area contributed by atoms with Crippen molar-refractivity contribution in [2.24, 2.45) is 0 Å². The summed E-state index contributed by atoms with van der Waals surface area (Å²) in [6.45, 7) is 3.80. The number of benzene rings is 2. The lowest BCUT2D eigenvalue weighted by Crippen LogP contribution is -2.28. The summed E-state index contributed by atoms with van der Waals surface area (Å²) in [5.41, 5.74) is 2.75. The Hall–Kier alpha value is -1.85. The Balaban J connectivity index is 1.89. The molecular weight excluding hydrogens is 312 g/mol. The molecule has 124 valence electrons. The number of aliphatic hydroxyl groups is 1. The zero-order valence-electron chi connectivity index (χ0n) is 13.4. The van der Waals surface area contributed by atoms with E-state index in [2.05, 4.69) is 0 Å². The molecule has 0 amide bonds. The van der Waals surface area contributed by atoms with Gasteiger partial charge >= 0.3 is 0 Å². The predicted octanol–water partition coefficient (Wildman–Crippen LogP) is 2.66. The molecule has 1 N–H and O–H groups in total. The Labute approximate surface area is 137 Å². The van der Waals surface area contributed by atoms with Crippen LogP contribution in [0.15, 0.2) is 48.5 Å². The topological polar surface area (TPSA) is 63.6 Å². The van der Waals surface area contributed by atoms with Gasteiger partial charge < -0.3 is 9.84 Å². The summed E-state index contributed by atoms with van der Waals surface area (Å²) in [6, 6.07) is 14.8. The van der Waals surface area contributed by atoms with E-state index in [1.54, 1.807) is 18.2 Å². The first-order valence-electron chi connectivity index (χ1n) is 7.48. The maximum absolute atomic E-state index is 12.2. The number of hydrogen-bond acceptors (Lipinski definition) is 4. The number of aliphatic hydroxyl groups excluding tert-OH is 1. The molecule has 0 bridgehead atoms. The minimum Gasteiger partial charge on any atom is -0.491 e. The Kier molecular flexibility index (Phi) is 5.80. The first-order valence-corrected chi connectivity index (χ1v) is 9.30. The minimum atomic E-state index is -3.39. The molecule has 0 radical (unpaired) electrons. The normalized spacial score (nSPS) is 12.8. The van der Waals surface area contributed by atoms with Crippen LogP contribution in [0.3, 0.4) is 0 Å². The third-order valence-corrected chi connectivity index (χ3v) is 5.14. The number of aryl methyl sites for hydroxylation is 2. The highest BCUT2D eigenvalue weighted by molar-refractivity contribution is 7.90. The van der Waals surface area contributed by atoms with Gasteiger partial charge in [-0.1, -0.05) is 48.0 Å². The smallest absolute Gasteiger partial charge is 0.157 e. The van der Waals surface area contributed by atoms with Crippen LogP contribution in [0.25, 0.3) is 0 Å². The fourth-order valence-corrected chi connectivity index (χ4v) is 3.74. The summed E-state index contributed by atoms with van der Waals surface area (Å²) in [5, 5.41) is 9.95. The second kappa shape index (κ2) is 7.62. The van der Waals surface area contributed by atoms with Gasteiger partial charge in [0.25, 0.3) is 0 Å². The quantitative estimate of drug-likeness (QED) is 0.845. The minimum absolute atomic E-state index is 0.0437. The van der Waals surface area contributed by atoms with E-state index in [1.165, 1.54) is 0 Å². The SMILES string of the molecule is Cc1ccc(CS(=O)(=O)CC(O)COc2ccccc2C)cc1. The molecule has 2 aromatic carbocycles. The molecule has 0 aliphatic carbocycles. The van der Waals surface area contributed by atoms with Crippen LogP contribution in [0.1, 0.15) is 16.7 Å². The number of hydrogen-bond donors (Lipinski definition) is 1. The van der Waals surface area contributed by atoms with E-state index in [0.29, 0.717) is 5.75 Å². The third-order valence-electron chi connectivity index (χ3n) is 3.48. The lowest BCUT2D eigenvalue weighted by atomic mass is 10.2.